The topological polar surface area (TPSA) is 84.5 Å². The molecule has 2 rings (SSSR count). The van der Waals surface area contributed by atoms with Crippen LogP contribution in [0.5, 0.6) is 5.75 Å². The summed E-state index contributed by atoms with van der Waals surface area (Å²) in [6.45, 7) is -0.680. The number of alkyl halides is 3. The predicted molar refractivity (Wildman–Crippen MR) is 90.5 cm³/mol. The first-order chi connectivity index (χ1) is 12.1. The molecule has 0 unspecified atom stereocenters. The van der Waals surface area contributed by atoms with Gasteiger partial charge in [0.15, 0.2) is 6.61 Å². The Morgan fingerprint density at radius 3 is 2.23 bits per heavy atom. The number of rotatable bonds is 6. The van der Waals surface area contributed by atoms with Gasteiger partial charge in [0.25, 0.3) is 5.91 Å². The third-order valence-corrected chi connectivity index (χ3v) is 3.64. The molecule has 2 aromatic rings. The van der Waals surface area contributed by atoms with E-state index >= 15 is 0 Å². The van der Waals surface area contributed by atoms with E-state index in [1.807, 2.05) is 0 Å². The van der Waals surface area contributed by atoms with E-state index in [0.29, 0.717) is 0 Å². The highest BCUT2D eigenvalue weighted by Crippen LogP contribution is 2.35. The maximum Gasteiger partial charge on any atom is 0.419 e. The van der Waals surface area contributed by atoms with Gasteiger partial charge in [-0.25, -0.2) is 8.42 Å². The van der Waals surface area contributed by atoms with Gasteiger partial charge >= 0.3 is 6.18 Å². The van der Waals surface area contributed by atoms with Crippen molar-refractivity contribution in [3.05, 3.63) is 54.1 Å². The van der Waals surface area contributed by atoms with Gasteiger partial charge in [-0.1, -0.05) is 24.3 Å². The van der Waals surface area contributed by atoms with Crippen LogP contribution in [0.4, 0.5) is 24.5 Å². The summed E-state index contributed by atoms with van der Waals surface area (Å²) in [5, 5.41) is 2.39. The van der Waals surface area contributed by atoms with E-state index in [0.717, 1.165) is 18.4 Å². The quantitative estimate of drug-likeness (QED) is 0.797. The molecule has 0 heterocycles. The second-order valence-corrected chi connectivity index (χ2v) is 7.00. The Morgan fingerprint density at radius 2 is 1.62 bits per heavy atom. The van der Waals surface area contributed by atoms with Gasteiger partial charge in [0.2, 0.25) is 10.0 Å². The van der Waals surface area contributed by atoms with Gasteiger partial charge in [0.1, 0.15) is 5.75 Å². The second kappa shape index (κ2) is 7.65. The van der Waals surface area contributed by atoms with Crippen molar-refractivity contribution in [1.29, 1.82) is 0 Å². The number of anilines is 2. The van der Waals surface area contributed by atoms with E-state index in [2.05, 4.69) is 10.0 Å². The SMILES string of the molecule is CS(=O)(=O)Nc1ccccc1NC(=O)COc1ccccc1C(F)(F)F. The van der Waals surface area contributed by atoms with E-state index < -0.39 is 40.0 Å². The normalized spacial score (nSPS) is 11.7. The first kappa shape index (κ1) is 19.6. The van der Waals surface area contributed by atoms with Crippen LogP contribution in [0.3, 0.4) is 0 Å². The maximum atomic E-state index is 12.9. The molecule has 0 spiro atoms. The Morgan fingerprint density at radius 1 is 1.04 bits per heavy atom. The summed E-state index contributed by atoms with van der Waals surface area (Å²) in [7, 11) is -3.57. The zero-order valence-corrected chi connectivity index (χ0v) is 14.3. The predicted octanol–water partition coefficient (Wildman–Crippen LogP) is 3.09. The van der Waals surface area contributed by atoms with Crippen molar-refractivity contribution in [3.8, 4) is 5.75 Å². The third kappa shape index (κ3) is 5.66. The average molecular weight is 388 g/mol. The van der Waals surface area contributed by atoms with Gasteiger partial charge in [-0.2, -0.15) is 13.2 Å². The van der Waals surface area contributed by atoms with Gasteiger partial charge < -0.3 is 10.1 Å². The maximum absolute atomic E-state index is 12.9. The van der Waals surface area contributed by atoms with Gasteiger partial charge in [0, 0.05) is 0 Å². The highest BCUT2D eigenvalue weighted by molar-refractivity contribution is 7.92. The van der Waals surface area contributed by atoms with Crippen LogP contribution in [-0.4, -0.2) is 27.2 Å². The molecule has 0 aliphatic rings. The van der Waals surface area contributed by atoms with Gasteiger partial charge in [-0.3, -0.25) is 9.52 Å². The highest BCUT2D eigenvalue weighted by atomic mass is 32.2. The number of hydrogen-bond donors (Lipinski definition) is 2. The summed E-state index contributed by atoms with van der Waals surface area (Å²) in [6, 6.07) is 10.5. The molecular weight excluding hydrogens is 373 g/mol. The van der Waals surface area contributed by atoms with E-state index in [4.69, 9.17) is 4.74 Å². The van der Waals surface area contributed by atoms with E-state index in [1.54, 1.807) is 12.1 Å². The molecular formula is C16H15F3N2O4S. The third-order valence-electron chi connectivity index (χ3n) is 3.05. The molecule has 0 aliphatic heterocycles. The summed E-state index contributed by atoms with van der Waals surface area (Å²) < 4.78 is 68.5. The Hall–Kier alpha value is -2.75. The first-order valence-electron chi connectivity index (χ1n) is 7.22. The number of nitrogens with one attached hydrogen (secondary N) is 2. The molecule has 140 valence electrons. The standard InChI is InChI=1S/C16H15F3N2O4S/c1-26(23,24)21-13-8-4-3-7-12(13)20-15(22)10-25-14-9-5-2-6-11(14)16(17,18)19/h2-9,21H,10H2,1H3,(H,20,22). The average Bonchev–Trinajstić information content (AvgIpc) is 2.53. The van der Waals surface area contributed by atoms with E-state index in [1.165, 1.54) is 24.3 Å². The second-order valence-electron chi connectivity index (χ2n) is 5.25. The minimum absolute atomic E-state index is 0.124. The van der Waals surface area contributed by atoms with Crippen molar-refractivity contribution in [2.75, 3.05) is 22.9 Å². The molecule has 26 heavy (non-hydrogen) atoms. The van der Waals surface area contributed by atoms with Crippen LogP contribution < -0.4 is 14.8 Å². The molecule has 0 saturated carbocycles. The van der Waals surface area contributed by atoms with Crippen molar-refractivity contribution in [3.63, 3.8) is 0 Å². The van der Waals surface area contributed by atoms with Crippen molar-refractivity contribution in [2.45, 2.75) is 6.18 Å². The number of carbonyl (C=O) groups excluding carboxylic acids is 1. The van der Waals surface area contributed by atoms with E-state index in [9.17, 15) is 26.4 Å². The highest BCUT2D eigenvalue weighted by Gasteiger charge is 2.34. The lowest BCUT2D eigenvalue weighted by Crippen LogP contribution is -2.22. The summed E-state index contributed by atoms with van der Waals surface area (Å²) in [6.07, 6.45) is -3.66. The van der Waals surface area contributed by atoms with Crippen LogP contribution in [-0.2, 0) is 21.0 Å². The molecule has 0 radical (unpaired) electrons. The molecule has 0 atom stereocenters. The lowest BCUT2D eigenvalue weighted by atomic mass is 10.2. The van der Waals surface area contributed by atoms with Crippen LogP contribution in [0.1, 0.15) is 5.56 Å². The smallest absolute Gasteiger partial charge is 0.419 e. The van der Waals surface area contributed by atoms with Crippen molar-refractivity contribution in [1.82, 2.24) is 0 Å². The molecule has 0 aromatic heterocycles. The van der Waals surface area contributed by atoms with Crippen LogP contribution in [0.25, 0.3) is 0 Å². The number of sulfonamides is 1. The largest absolute Gasteiger partial charge is 0.483 e. The fraction of sp³-hybridized carbons (Fsp3) is 0.188. The van der Waals surface area contributed by atoms with Gasteiger partial charge in [-0.15, -0.1) is 0 Å². The Labute approximate surface area is 148 Å². The number of carbonyl (C=O) groups is 1. The summed E-state index contributed by atoms with van der Waals surface area (Å²) in [4.78, 5) is 12.0. The molecule has 10 heteroatoms. The minimum atomic E-state index is -4.61. The number of hydrogen-bond acceptors (Lipinski definition) is 4. The Kier molecular flexibility index (Phi) is 5.76. The number of ether oxygens (including phenoxy) is 1. The molecule has 0 fully saturated rings. The molecule has 6 nitrogen and oxygen atoms in total. The minimum Gasteiger partial charge on any atom is -0.483 e. The Bertz CT molecular complexity index is 898. The van der Waals surface area contributed by atoms with Crippen LogP contribution in [0, 0.1) is 0 Å². The van der Waals surface area contributed by atoms with Crippen molar-refractivity contribution < 1.29 is 31.1 Å². The summed E-state index contributed by atoms with van der Waals surface area (Å²) in [5.41, 5.74) is -0.721. The zero-order valence-electron chi connectivity index (χ0n) is 13.5. The monoisotopic (exact) mass is 388 g/mol. The molecule has 0 saturated heterocycles. The molecule has 0 bridgehead atoms. The number of halogens is 3. The molecule has 0 aliphatic carbocycles. The zero-order chi connectivity index (χ0) is 19.4. The number of amides is 1. The molecule has 1 amide bonds. The van der Waals surface area contributed by atoms with Crippen LogP contribution in [0.15, 0.2) is 48.5 Å². The molecule has 2 N–H and O–H groups in total. The first-order valence-corrected chi connectivity index (χ1v) is 9.11. The van der Waals surface area contributed by atoms with Crippen molar-refractivity contribution in [2.24, 2.45) is 0 Å². The van der Waals surface area contributed by atoms with Gasteiger partial charge in [0.05, 0.1) is 23.2 Å². The van der Waals surface area contributed by atoms with Crippen LogP contribution >= 0.6 is 0 Å². The number of benzene rings is 2. The summed E-state index contributed by atoms with van der Waals surface area (Å²) in [5.74, 6) is -1.22. The fourth-order valence-corrected chi connectivity index (χ4v) is 2.61. The lowest BCUT2D eigenvalue weighted by Gasteiger charge is -2.14. The lowest BCUT2D eigenvalue weighted by molar-refractivity contribution is -0.139. The summed E-state index contributed by atoms with van der Waals surface area (Å²) >= 11 is 0. The van der Waals surface area contributed by atoms with Crippen LogP contribution in [0.2, 0.25) is 0 Å². The van der Waals surface area contributed by atoms with E-state index in [-0.39, 0.29) is 11.4 Å². The number of para-hydroxylation sites is 3. The van der Waals surface area contributed by atoms with Crippen molar-refractivity contribution >= 4 is 27.3 Å². The Balaban J connectivity index is 2.08. The molecule has 2 aromatic carbocycles. The van der Waals surface area contributed by atoms with Gasteiger partial charge in [-0.05, 0) is 24.3 Å². The fourth-order valence-electron chi connectivity index (χ4n) is 2.04.